The zero-order valence-corrected chi connectivity index (χ0v) is 11.9. The quantitative estimate of drug-likeness (QED) is 0.790. The van der Waals surface area contributed by atoms with Gasteiger partial charge in [0, 0.05) is 30.5 Å². The van der Waals surface area contributed by atoms with Crippen LogP contribution in [0.1, 0.15) is 19.4 Å². The molecule has 0 bridgehead atoms. The van der Waals surface area contributed by atoms with Gasteiger partial charge in [-0.3, -0.25) is 4.79 Å². The molecule has 94 valence electrons. The van der Waals surface area contributed by atoms with E-state index in [9.17, 15) is 4.79 Å². The summed E-state index contributed by atoms with van der Waals surface area (Å²) in [6.45, 7) is 5.16. The minimum Gasteiger partial charge on any atom is -0.355 e. The van der Waals surface area contributed by atoms with E-state index in [1.165, 1.54) is 12.5 Å². The lowest BCUT2D eigenvalue weighted by molar-refractivity contribution is -0.118. The second-order valence-electron chi connectivity index (χ2n) is 4.17. The number of carbonyl (C=O) groups excluding carboxylic acids is 1. The molecule has 1 rings (SSSR count). The Morgan fingerprint density at radius 2 is 2.18 bits per heavy atom. The Bertz CT molecular complexity index is 368. The van der Waals surface area contributed by atoms with Gasteiger partial charge >= 0.3 is 0 Å². The predicted octanol–water partition coefficient (Wildman–Crippen LogP) is 2.11. The van der Waals surface area contributed by atoms with E-state index in [1.807, 2.05) is 12.1 Å². The summed E-state index contributed by atoms with van der Waals surface area (Å²) >= 11 is 3.46. The highest BCUT2D eigenvalue weighted by atomic mass is 79.9. The zero-order valence-electron chi connectivity index (χ0n) is 10.3. The van der Waals surface area contributed by atoms with Crippen molar-refractivity contribution in [2.75, 3.05) is 13.1 Å². The molecule has 1 atom stereocenters. The molecule has 2 N–H and O–H groups in total. The van der Waals surface area contributed by atoms with Crippen molar-refractivity contribution in [3.8, 4) is 0 Å². The van der Waals surface area contributed by atoms with Gasteiger partial charge in [-0.15, -0.1) is 0 Å². The van der Waals surface area contributed by atoms with E-state index in [2.05, 4.69) is 45.6 Å². The molecule has 0 radical (unpaired) electrons. The van der Waals surface area contributed by atoms with Crippen molar-refractivity contribution in [1.29, 1.82) is 0 Å². The fourth-order valence-electron chi connectivity index (χ4n) is 1.65. The van der Waals surface area contributed by atoms with Gasteiger partial charge in [0.05, 0.1) is 0 Å². The monoisotopic (exact) mass is 298 g/mol. The molecule has 0 heterocycles. The average molecular weight is 299 g/mol. The van der Waals surface area contributed by atoms with E-state index in [-0.39, 0.29) is 5.91 Å². The van der Waals surface area contributed by atoms with Gasteiger partial charge in [0.15, 0.2) is 0 Å². The lowest BCUT2D eigenvalue weighted by Gasteiger charge is -2.14. The molecule has 0 aliphatic rings. The Labute approximate surface area is 111 Å². The van der Waals surface area contributed by atoms with E-state index in [0.717, 1.165) is 17.4 Å². The molecule has 0 fully saturated rings. The minimum absolute atomic E-state index is 0.0199. The van der Waals surface area contributed by atoms with Crippen LogP contribution in [0.3, 0.4) is 0 Å². The Morgan fingerprint density at radius 1 is 1.41 bits per heavy atom. The third kappa shape index (κ3) is 6.44. The summed E-state index contributed by atoms with van der Waals surface area (Å²) in [5.74, 6) is 0.0199. The molecule has 1 amide bonds. The maximum Gasteiger partial charge on any atom is 0.216 e. The Balaban J connectivity index is 2.25. The van der Waals surface area contributed by atoms with Crippen LogP contribution in [-0.2, 0) is 11.2 Å². The Kier molecular flexibility index (Phi) is 6.22. The number of nitrogens with one attached hydrogen (secondary N) is 2. The van der Waals surface area contributed by atoms with E-state index < -0.39 is 0 Å². The summed E-state index contributed by atoms with van der Waals surface area (Å²) < 4.78 is 1.11. The molecule has 0 unspecified atom stereocenters. The van der Waals surface area contributed by atoms with E-state index in [0.29, 0.717) is 12.6 Å². The number of hydrogen-bond donors (Lipinski definition) is 2. The molecule has 0 aromatic heterocycles. The maximum absolute atomic E-state index is 10.7. The number of amides is 1. The van der Waals surface area contributed by atoms with Crippen LogP contribution in [-0.4, -0.2) is 25.0 Å². The molecule has 1 aromatic rings. The summed E-state index contributed by atoms with van der Waals surface area (Å²) in [6.07, 6.45) is 0.986. The molecule has 17 heavy (non-hydrogen) atoms. The average Bonchev–Trinajstić information content (AvgIpc) is 2.24. The molecule has 0 saturated heterocycles. The Morgan fingerprint density at radius 3 is 2.82 bits per heavy atom. The zero-order chi connectivity index (χ0) is 12.7. The SMILES string of the molecule is CC(=O)NCCN[C@H](C)Cc1cccc(Br)c1. The fraction of sp³-hybridized carbons (Fsp3) is 0.462. The molecule has 0 aliphatic heterocycles. The Hall–Kier alpha value is -0.870. The molecule has 0 saturated carbocycles. The first kappa shape index (κ1) is 14.2. The van der Waals surface area contributed by atoms with Gasteiger partial charge in [-0.05, 0) is 31.0 Å². The number of carbonyl (C=O) groups is 1. The largest absolute Gasteiger partial charge is 0.355 e. The molecule has 3 nitrogen and oxygen atoms in total. The van der Waals surface area contributed by atoms with Crippen LogP contribution in [0.25, 0.3) is 0 Å². The van der Waals surface area contributed by atoms with Crippen molar-refractivity contribution < 1.29 is 4.79 Å². The summed E-state index contributed by atoms with van der Waals surface area (Å²) in [6, 6.07) is 8.72. The number of halogens is 1. The van der Waals surface area contributed by atoms with Crippen molar-refractivity contribution >= 4 is 21.8 Å². The van der Waals surface area contributed by atoms with Crippen LogP contribution >= 0.6 is 15.9 Å². The first-order valence-electron chi connectivity index (χ1n) is 5.80. The van der Waals surface area contributed by atoms with E-state index in [4.69, 9.17) is 0 Å². The van der Waals surface area contributed by atoms with Crippen molar-refractivity contribution in [2.45, 2.75) is 26.3 Å². The fourth-order valence-corrected chi connectivity index (χ4v) is 2.09. The highest BCUT2D eigenvalue weighted by molar-refractivity contribution is 9.10. The second kappa shape index (κ2) is 7.45. The number of rotatable bonds is 6. The highest BCUT2D eigenvalue weighted by Crippen LogP contribution is 2.12. The van der Waals surface area contributed by atoms with Crippen molar-refractivity contribution in [2.24, 2.45) is 0 Å². The highest BCUT2D eigenvalue weighted by Gasteiger charge is 2.03. The van der Waals surface area contributed by atoms with Gasteiger partial charge < -0.3 is 10.6 Å². The van der Waals surface area contributed by atoms with E-state index >= 15 is 0 Å². The lowest BCUT2D eigenvalue weighted by Crippen LogP contribution is -2.35. The third-order valence-electron chi connectivity index (χ3n) is 2.42. The van der Waals surface area contributed by atoms with Crippen LogP contribution in [0.5, 0.6) is 0 Å². The minimum atomic E-state index is 0.0199. The van der Waals surface area contributed by atoms with Gasteiger partial charge in [0.2, 0.25) is 5.91 Å². The normalized spacial score (nSPS) is 12.2. The van der Waals surface area contributed by atoms with Crippen LogP contribution < -0.4 is 10.6 Å². The molecule has 1 aromatic carbocycles. The topological polar surface area (TPSA) is 41.1 Å². The second-order valence-corrected chi connectivity index (χ2v) is 5.09. The maximum atomic E-state index is 10.7. The van der Waals surface area contributed by atoms with Gasteiger partial charge in [-0.1, -0.05) is 28.1 Å². The first-order valence-corrected chi connectivity index (χ1v) is 6.59. The van der Waals surface area contributed by atoms with Crippen LogP contribution in [0, 0.1) is 0 Å². The third-order valence-corrected chi connectivity index (χ3v) is 2.92. The molecule has 4 heteroatoms. The predicted molar refractivity (Wildman–Crippen MR) is 74.0 cm³/mol. The van der Waals surface area contributed by atoms with Gasteiger partial charge in [0.25, 0.3) is 0 Å². The number of benzene rings is 1. The summed E-state index contributed by atoms with van der Waals surface area (Å²) in [5, 5.41) is 6.14. The smallest absolute Gasteiger partial charge is 0.216 e. The van der Waals surface area contributed by atoms with Crippen LogP contribution in [0.2, 0.25) is 0 Å². The van der Waals surface area contributed by atoms with E-state index in [1.54, 1.807) is 0 Å². The van der Waals surface area contributed by atoms with Crippen LogP contribution in [0.15, 0.2) is 28.7 Å². The standard InChI is InChI=1S/C13H19BrN2O/c1-10(15-6-7-16-11(2)17)8-12-4-3-5-13(14)9-12/h3-5,9-10,15H,6-8H2,1-2H3,(H,16,17)/t10-/m1/s1. The number of hydrogen-bond acceptors (Lipinski definition) is 2. The summed E-state index contributed by atoms with van der Waals surface area (Å²) in [4.78, 5) is 10.7. The lowest BCUT2D eigenvalue weighted by atomic mass is 10.1. The molecular weight excluding hydrogens is 280 g/mol. The van der Waals surface area contributed by atoms with Crippen LogP contribution in [0.4, 0.5) is 0 Å². The molecule has 0 spiro atoms. The van der Waals surface area contributed by atoms with Gasteiger partial charge in [-0.25, -0.2) is 0 Å². The summed E-state index contributed by atoms with van der Waals surface area (Å²) in [7, 11) is 0. The summed E-state index contributed by atoms with van der Waals surface area (Å²) in [5.41, 5.74) is 1.30. The van der Waals surface area contributed by atoms with Crippen molar-refractivity contribution in [3.05, 3.63) is 34.3 Å². The first-order chi connectivity index (χ1) is 8.08. The molecule has 0 aliphatic carbocycles. The van der Waals surface area contributed by atoms with Gasteiger partial charge in [-0.2, -0.15) is 0 Å². The van der Waals surface area contributed by atoms with Gasteiger partial charge in [0.1, 0.15) is 0 Å². The molecular formula is C13H19BrN2O. The van der Waals surface area contributed by atoms with Crippen molar-refractivity contribution in [1.82, 2.24) is 10.6 Å². The van der Waals surface area contributed by atoms with Crippen molar-refractivity contribution in [3.63, 3.8) is 0 Å².